The summed E-state index contributed by atoms with van der Waals surface area (Å²) >= 11 is 0. The largest absolute Gasteiger partial charge is 0.494 e. The highest BCUT2D eigenvalue weighted by atomic mass is 17.2. The summed E-state index contributed by atoms with van der Waals surface area (Å²) in [5.74, 6) is 2.13. The highest BCUT2D eigenvalue weighted by Crippen LogP contribution is 2.26. The van der Waals surface area contributed by atoms with Gasteiger partial charge in [0.2, 0.25) is 6.79 Å². The molecular weight excluding hydrogens is 508 g/mol. The number of esters is 1. The Bertz CT molecular complexity index is 1450. The van der Waals surface area contributed by atoms with Crippen molar-refractivity contribution in [3.8, 4) is 23.0 Å². The van der Waals surface area contributed by atoms with Crippen LogP contribution in [-0.2, 0) is 9.78 Å². The molecule has 0 radical (unpaired) electrons. The minimum Gasteiger partial charge on any atom is -0.494 e. The summed E-state index contributed by atoms with van der Waals surface area (Å²) < 4.78 is 22.7. The van der Waals surface area contributed by atoms with Crippen LogP contribution in [0.3, 0.4) is 0 Å². The third kappa shape index (κ3) is 8.53. The summed E-state index contributed by atoms with van der Waals surface area (Å²) in [7, 11) is 0. The molecule has 0 aliphatic heterocycles. The van der Waals surface area contributed by atoms with Crippen LogP contribution in [0.5, 0.6) is 23.0 Å². The van der Waals surface area contributed by atoms with Gasteiger partial charge >= 0.3 is 5.97 Å². The van der Waals surface area contributed by atoms with Crippen molar-refractivity contribution in [1.82, 2.24) is 0 Å². The summed E-state index contributed by atoms with van der Waals surface area (Å²) in [4.78, 5) is 22.1. The SMILES string of the molecule is C=C=COOCCCCOc1ccc(OCOc2ccc3cc(OC(=O)c4ccc(C=C)cc4)ccc3c2)cc1. The van der Waals surface area contributed by atoms with E-state index in [-0.39, 0.29) is 6.79 Å². The summed E-state index contributed by atoms with van der Waals surface area (Å²) in [6.07, 6.45) is 4.62. The van der Waals surface area contributed by atoms with Crippen molar-refractivity contribution in [2.75, 3.05) is 20.0 Å². The van der Waals surface area contributed by atoms with E-state index < -0.39 is 5.97 Å². The highest BCUT2D eigenvalue weighted by Gasteiger charge is 2.09. The highest BCUT2D eigenvalue weighted by molar-refractivity contribution is 5.92. The van der Waals surface area contributed by atoms with Crippen LogP contribution in [0.1, 0.15) is 28.8 Å². The number of rotatable bonds is 15. The molecule has 0 aliphatic carbocycles. The molecule has 0 N–H and O–H groups in total. The van der Waals surface area contributed by atoms with Gasteiger partial charge in [0.05, 0.1) is 18.8 Å². The van der Waals surface area contributed by atoms with Crippen LogP contribution in [0.4, 0.5) is 0 Å². The number of carbonyl (C=O) groups is 1. The fraction of sp³-hybridized carbons (Fsp3) is 0.152. The Morgan fingerprint density at radius 3 is 2.02 bits per heavy atom. The van der Waals surface area contributed by atoms with Gasteiger partial charge in [-0.25, -0.2) is 4.79 Å². The van der Waals surface area contributed by atoms with Crippen LogP contribution in [0.15, 0.2) is 110 Å². The van der Waals surface area contributed by atoms with E-state index in [4.69, 9.17) is 28.7 Å². The van der Waals surface area contributed by atoms with E-state index >= 15 is 0 Å². The number of hydrogen-bond acceptors (Lipinski definition) is 7. The lowest BCUT2D eigenvalue weighted by Gasteiger charge is -2.11. The fourth-order valence-electron chi connectivity index (χ4n) is 3.64. The molecule has 0 heterocycles. The number of ether oxygens (including phenoxy) is 4. The quantitative estimate of drug-likeness (QED) is 0.0226. The molecule has 0 aromatic heterocycles. The molecule has 204 valence electrons. The molecule has 40 heavy (non-hydrogen) atoms. The van der Waals surface area contributed by atoms with E-state index in [1.807, 2.05) is 66.7 Å². The van der Waals surface area contributed by atoms with Gasteiger partial charge in [-0.2, -0.15) is 4.89 Å². The first kappa shape index (κ1) is 28.0. The minimum atomic E-state index is -0.416. The molecule has 0 atom stereocenters. The zero-order valence-corrected chi connectivity index (χ0v) is 22.0. The molecule has 0 saturated heterocycles. The second-order valence-corrected chi connectivity index (χ2v) is 8.56. The van der Waals surface area contributed by atoms with Crippen molar-refractivity contribution in [2.24, 2.45) is 0 Å². The second kappa shape index (κ2) is 14.8. The first-order valence-electron chi connectivity index (χ1n) is 12.7. The van der Waals surface area contributed by atoms with Gasteiger partial charge in [-0.1, -0.05) is 49.2 Å². The third-order valence-corrected chi connectivity index (χ3v) is 5.74. The molecule has 0 amide bonds. The molecule has 0 fully saturated rings. The maximum Gasteiger partial charge on any atom is 0.343 e. The van der Waals surface area contributed by atoms with Crippen LogP contribution < -0.4 is 18.9 Å². The van der Waals surface area contributed by atoms with Crippen molar-refractivity contribution in [3.63, 3.8) is 0 Å². The lowest BCUT2D eigenvalue weighted by Crippen LogP contribution is -2.08. The number of carbonyl (C=O) groups excluding carboxylic acids is 1. The van der Waals surface area contributed by atoms with Gasteiger partial charge < -0.3 is 23.8 Å². The van der Waals surface area contributed by atoms with Crippen molar-refractivity contribution in [3.05, 3.63) is 121 Å². The van der Waals surface area contributed by atoms with Crippen LogP contribution in [0, 0.1) is 0 Å². The fourth-order valence-corrected chi connectivity index (χ4v) is 3.64. The average molecular weight is 539 g/mol. The Morgan fingerprint density at radius 2 is 1.32 bits per heavy atom. The zero-order chi connectivity index (χ0) is 28.0. The number of fused-ring (bicyclic) bond motifs is 1. The predicted octanol–water partition coefficient (Wildman–Crippen LogP) is 7.52. The molecule has 0 spiro atoms. The Hall–Kier alpha value is -4.97. The maximum absolute atomic E-state index is 12.5. The Balaban J connectivity index is 1.20. The Kier molecular flexibility index (Phi) is 10.4. The topological polar surface area (TPSA) is 72.5 Å². The van der Waals surface area contributed by atoms with Crippen molar-refractivity contribution in [1.29, 1.82) is 0 Å². The average Bonchev–Trinajstić information content (AvgIpc) is 2.99. The van der Waals surface area contributed by atoms with E-state index in [1.165, 1.54) is 6.26 Å². The lowest BCUT2D eigenvalue weighted by molar-refractivity contribution is -0.249. The second-order valence-electron chi connectivity index (χ2n) is 8.56. The van der Waals surface area contributed by atoms with Crippen LogP contribution >= 0.6 is 0 Å². The molecule has 7 heteroatoms. The van der Waals surface area contributed by atoms with Gasteiger partial charge in [-0.3, -0.25) is 0 Å². The van der Waals surface area contributed by atoms with Gasteiger partial charge in [0.25, 0.3) is 0 Å². The van der Waals surface area contributed by atoms with Crippen molar-refractivity contribution < 1.29 is 33.5 Å². The van der Waals surface area contributed by atoms with Crippen molar-refractivity contribution >= 4 is 22.8 Å². The van der Waals surface area contributed by atoms with Crippen LogP contribution in [0.25, 0.3) is 16.8 Å². The first-order valence-corrected chi connectivity index (χ1v) is 12.7. The summed E-state index contributed by atoms with van der Waals surface area (Å²) in [5, 5.41) is 1.86. The minimum absolute atomic E-state index is 0.0508. The monoisotopic (exact) mass is 538 g/mol. The molecule has 7 nitrogen and oxygen atoms in total. The van der Waals surface area contributed by atoms with Gasteiger partial charge in [-0.15, -0.1) is 0 Å². The molecule has 0 aliphatic rings. The van der Waals surface area contributed by atoms with E-state index in [9.17, 15) is 4.79 Å². The van der Waals surface area contributed by atoms with E-state index in [0.29, 0.717) is 36.0 Å². The summed E-state index contributed by atoms with van der Waals surface area (Å²) in [6.45, 7) is 8.18. The summed E-state index contributed by atoms with van der Waals surface area (Å²) in [6, 6.07) is 25.5. The molecule has 4 rings (SSSR count). The molecular formula is C33H30O7. The molecule has 4 aromatic rings. The predicted molar refractivity (Wildman–Crippen MR) is 153 cm³/mol. The molecule has 4 aromatic carbocycles. The standard InChI is InChI=1S/C33H30O7/c1-3-19-38-39-21-6-5-20-35-29-15-17-30(18-16-29)36-24-37-31-13-11-28-23-32(14-12-27(28)22-31)40-33(34)26-9-7-25(4-2)8-10-26/h4,7-19,22-23H,1-2,5-6,20-21,24H2. The molecule has 0 unspecified atom stereocenters. The Morgan fingerprint density at radius 1 is 0.725 bits per heavy atom. The molecule has 0 saturated carbocycles. The lowest BCUT2D eigenvalue weighted by atomic mass is 10.1. The van der Waals surface area contributed by atoms with Gasteiger partial charge in [0.15, 0.2) is 6.26 Å². The van der Waals surface area contributed by atoms with Gasteiger partial charge in [-0.05, 0) is 89.8 Å². The van der Waals surface area contributed by atoms with Crippen LogP contribution in [0.2, 0.25) is 0 Å². The van der Waals surface area contributed by atoms with Crippen molar-refractivity contribution in [2.45, 2.75) is 12.8 Å². The maximum atomic E-state index is 12.5. The normalized spacial score (nSPS) is 10.3. The van der Waals surface area contributed by atoms with Crippen LogP contribution in [-0.4, -0.2) is 26.0 Å². The number of unbranched alkanes of at least 4 members (excludes halogenated alkanes) is 1. The first-order chi connectivity index (χ1) is 19.6. The zero-order valence-electron chi connectivity index (χ0n) is 22.0. The van der Waals surface area contributed by atoms with Gasteiger partial charge in [0, 0.05) is 0 Å². The van der Waals surface area contributed by atoms with E-state index in [2.05, 4.69) is 18.9 Å². The number of hydrogen-bond donors (Lipinski definition) is 0. The third-order valence-electron chi connectivity index (χ3n) is 5.74. The van der Waals surface area contributed by atoms with E-state index in [0.717, 1.165) is 34.9 Å². The number of benzene rings is 4. The Labute approximate surface area is 233 Å². The smallest absolute Gasteiger partial charge is 0.343 e. The molecule has 0 bridgehead atoms. The summed E-state index contributed by atoms with van der Waals surface area (Å²) in [5.41, 5.74) is 3.87. The van der Waals surface area contributed by atoms with Gasteiger partial charge in [0.1, 0.15) is 23.0 Å². The van der Waals surface area contributed by atoms with E-state index in [1.54, 1.807) is 24.3 Å².